The van der Waals surface area contributed by atoms with Crippen LogP contribution >= 0.6 is 0 Å². The second kappa shape index (κ2) is 19.7. The molecule has 10 aromatic carbocycles. The molecule has 0 saturated heterocycles. The normalized spacial score (nSPS) is 14.4. The maximum Gasteiger partial charge on any atom is 0.164 e. The number of hydrogen-bond acceptors (Lipinski definition) is 3. The lowest BCUT2D eigenvalue weighted by molar-refractivity contribution is 0.568. The van der Waals surface area contributed by atoms with E-state index in [0.29, 0.717) is 17.5 Å². The van der Waals surface area contributed by atoms with Crippen molar-refractivity contribution in [1.29, 1.82) is 0 Å². The summed E-state index contributed by atoms with van der Waals surface area (Å²) >= 11 is 0. The molecule has 3 heterocycles. The van der Waals surface area contributed by atoms with Crippen LogP contribution in [0.2, 0.25) is 0 Å². The summed E-state index contributed by atoms with van der Waals surface area (Å²) in [6.07, 6.45) is 0. The molecular formula is C85H81N5. The van der Waals surface area contributed by atoms with E-state index in [4.69, 9.17) is 15.0 Å². The third-order valence-electron chi connectivity index (χ3n) is 20.2. The molecule has 0 unspecified atom stereocenters. The number of hydrogen-bond donors (Lipinski definition) is 0. The minimum Gasteiger partial charge on any atom is -0.309 e. The van der Waals surface area contributed by atoms with Crippen LogP contribution in [0.3, 0.4) is 0 Å². The molecular weight excluding hydrogens is 1090 g/mol. The molecule has 2 aliphatic carbocycles. The highest BCUT2D eigenvalue weighted by atomic mass is 15.0. The molecule has 0 N–H and O–H groups in total. The van der Waals surface area contributed by atoms with Crippen LogP contribution < -0.4 is 0 Å². The third kappa shape index (κ3) is 8.96. The van der Waals surface area contributed by atoms with E-state index in [-0.39, 0.29) is 32.5 Å². The summed E-state index contributed by atoms with van der Waals surface area (Å²) in [5.41, 5.74) is 26.6. The minimum atomic E-state index is -0.207. The summed E-state index contributed by atoms with van der Waals surface area (Å²) in [5, 5.41) is 4.90. The van der Waals surface area contributed by atoms with Crippen molar-refractivity contribution in [2.24, 2.45) is 0 Å². The van der Waals surface area contributed by atoms with Gasteiger partial charge < -0.3 is 9.13 Å². The van der Waals surface area contributed by atoms with Crippen LogP contribution in [0.5, 0.6) is 0 Å². The molecule has 2 aliphatic rings. The molecule has 0 bridgehead atoms. The zero-order valence-corrected chi connectivity index (χ0v) is 55.3. The van der Waals surface area contributed by atoms with Crippen molar-refractivity contribution in [3.63, 3.8) is 0 Å². The van der Waals surface area contributed by atoms with Crippen LogP contribution in [0, 0.1) is 0 Å². The Hall–Kier alpha value is -9.19. The highest BCUT2D eigenvalue weighted by Crippen LogP contribution is 2.54. The van der Waals surface area contributed by atoms with E-state index >= 15 is 0 Å². The van der Waals surface area contributed by atoms with Gasteiger partial charge in [-0.3, -0.25) is 0 Å². The number of nitrogens with zero attached hydrogens (tertiary/aromatic N) is 5. The first-order valence-corrected chi connectivity index (χ1v) is 32.3. The number of aromatic nitrogens is 5. The lowest BCUT2D eigenvalue weighted by Crippen LogP contribution is -2.17. The first-order valence-electron chi connectivity index (χ1n) is 32.3. The van der Waals surface area contributed by atoms with Crippen LogP contribution in [0.4, 0.5) is 0 Å². The van der Waals surface area contributed by atoms with Gasteiger partial charge in [0.1, 0.15) is 0 Å². The van der Waals surface area contributed by atoms with Crippen LogP contribution in [0.15, 0.2) is 200 Å². The van der Waals surface area contributed by atoms with Gasteiger partial charge in [0.25, 0.3) is 0 Å². The molecule has 15 rings (SSSR count). The molecule has 5 heteroatoms. The van der Waals surface area contributed by atoms with Gasteiger partial charge in [0, 0.05) is 60.2 Å². The first-order chi connectivity index (χ1) is 42.6. The van der Waals surface area contributed by atoms with Crippen LogP contribution in [0.1, 0.15) is 155 Å². The largest absolute Gasteiger partial charge is 0.309 e. The number of rotatable bonds is 6. The van der Waals surface area contributed by atoms with Gasteiger partial charge in [-0.05, 0) is 173 Å². The van der Waals surface area contributed by atoms with Crippen molar-refractivity contribution >= 4 is 43.6 Å². The maximum absolute atomic E-state index is 5.67. The highest BCUT2D eigenvalue weighted by Gasteiger charge is 2.38. The molecule has 0 saturated carbocycles. The molecule has 0 radical (unpaired) electrons. The van der Waals surface area contributed by atoms with Crippen molar-refractivity contribution in [1.82, 2.24) is 24.1 Å². The second-order valence-electron chi connectivity index (χ2n) is 31.0. The van der Waals surface area contributed by atoms with Crippen LogP contribution in [0.25, 0.3) is 123 Å². The van der Waals surface area contributed by atoms with Crippen molar-refractivity contribution in [2.75, 3.05) is 0 Å². The Kier molecular flexibility index (Phi) is 12.5. The zero-order valence-electron chi connectivity index (χ0n) is 55.3. The van der Waals surface area contributed by atoms with Crippen molar-refractivity contribution in [3.05, 3.63) is 245 Å². The van der Waals surface area contributed by atoms with Crippen molar-refractivity contribution in [2.45, 2.75) is 143 Å². The standard InChI is InChI=1S/C85H81N5/c1-80(2,3)53-39-51(40-54(44-53)81(4,5)6)78-86-77(87-79(88-78)52-41-55(82(7,8)9)45-56(42-52)83(10,11)12)50-37-38-74(90-73-36-26-21-31-61(73)66-47-63-58-28-18-23-33-68(58)85(15,16)70(63)49-76(66)90)64(43-50)59-29-19-24-34-71(59)89-72-35-25-20-30-60(72)65-46-62-57-27-17-22-32-67(57)84(13,14)69(62)48-75(65)89/h17-49H,1-16H3. The van der Waals surface area contributed by atoms with E-state index in [2.05, 4.69) is 320 Å². The number of fused-ring (bicyclic) bond motifs is 12. The lowest BCUT2D eigenvalue weighted by atomic mass is 9.79. The lowest BCUT2D eigenvalue weighted by Gasteiger charge is -2.26. The molecule has 446 valence electrons. The van der Waals surface area contributed by atoms with Gasteiger partial charge in [0.2, 0.25) is 0 Å². The number of para-hydroxylation sites is 3. The van der Waals surface area contributed by atoms with Gasteiger partial charge in [0.05, 0.1) is 33.4 Å². The van der Waals surface area contributed by atoms with E-state index < -0.39 is 0 Å². The van der Waals surface area contributed by atoms with Crippen LogP contribution in [-0.4, -0.2) is 24.1 Å². The van der Waals surface area contributed by atoms with E-state index in [1.807, 2.05) is 0 Å². The smallest absolute Gasteiger partial charge is 0.164 e. The Bertz CT molecular complexity index is 5000. The average molecular weight is 1170 g/mol. The maximum atomic E-state index is 5.67. The number of benzene rings is 10. The molecule has 0 spiro atoms. The summed E-state index contributed by atoms with van der Waals surface area (Å²) in [5.74, 6) is 1.92. The van der Waals surface area contributed by atoms with Gasteiger partial charge in [-0.25, -0.2) is 15.0 Å². The van der Waals surface area contributed by atoms with E-state index in [9.17, 15) is 0 Å². The summed E-state index contributed by atoms with van der Waals surface area (Å²) in [6.45, 7) is 37.1. The molecule has 0 aliphatic heterocycles. The zero-order chi connectivity index (χ0) is 62.9. The predicted molar refractivity (Wildman–Crippen MR) is 380 cm³/mol. The SMILES string of the molecule is CC(C)(C)c1cc(-c2nc(-c3cc(C(C)(C)C)cc(C(C)(C)C)c3)nc(-c3ccc(-n4c5ccccc5c5cc6c(cc54)C(C)(C)c4ccccc4-6)c(-c4ccccc4-n4c5ccccc5c5cc6c(cc54)C(C)(C)c4ccccc4-6)c3)n2)cc(C(C)(C)C)c1. The molecule has 13 aromatic rings. The van der Waals surface area contributed by atoms with E-state index in [1.165, 1.54) is 99.3 Å². The molecule has 3 aromatic heterocycles. The summed E-state index contributed by atoms with van der Waals surface area (Å²) in [4.78, 5) is 16.9. The second-order valence-corrected chi connectivity index (χ2v) is 31.0. The Balaban J connectivity index is 1.04. The average Bonchev–Trinajstić information content (AvgIpc) is 1.55. The van der Waals surface area contributed by atoms with E-state index in [0.717, 1.165) is 50.2 Å². The Labute approximate surface area is 531 Å². The molecule has 0 atom stereocenters. The summed E-state index contributed by atoms with van der Waals surface area (Å²) < 4.78 is 5.08. The topological polar surface area (TPSA) is 48.5 Å². The van der Waals surface area contributed by atoms with E-state index in [1.54, 1.807) is 0 Å². The van der Waals surface area contributed by atoms with Gasteiger partial charge in [-0.15, -0.1) is 0 Å². The van der Waals surface area contributed by atoms with Gasteiger partial charge in [0.15, 0.2) is 17.5 Å². The van der Waals surface area contributed by atoms with Crippen molar-refractivity contribution in [3.8, 4) is 78.9 Å². The first kappa shape index (κ1) is 57.3. The quantitative estimate of drug-likeness (QED) is 0.167. The third-order valence-corrected chi connectivity index (χ3v) is 20.2. The summed E-state index contributed by atoms with van der Waals surface area (Å²) in [7, 11) is 0. The Morgan fingerprint density at radius 2 is 0.622 bits per heavy atom. The van der Waals surface area contributed by atoms with Gasteiger partial charge >= 0.3 is 0 Å². The molecule has 0 amide bonds. The van der Waals surface area contributed by atoms with Gasteiger partial charge in [-0.1, -0.05) is 226 Å². The molecule has 5 nitrogen and oxygen atoms in total. The molecule has 90 heavy (non-hydrogen) atoms. The fourth-order valence-electron chi connectivity index (χ4n) is 14.8. The Morgan fingerprint density at radius 1 is 0.267 bits per heavy atom. The highest BCUT2D eigenvalue weighted by molar-refractivity contribution is 6.14. The van der Waals surface area contributed by atoms with Gasteiger partial charge in [-0.2, -0.15) is 0 Å². The Morgan fingerprint density at radius 3 is 1.04 bits per heavy atom. The fourth-order valence-corrected chi connectivity index (χ4v) is 14.8. The van der Waals surface area contributed by atoms with Crippen molar-refractivity contribution < 1.29 is 0 Å². The summed E-state index contributed by atoms with van der Waals surface area (Å²) in [6, 6.07) is 76.0. The van der Waals surface area contributed by atoms with Crippen LogP contribution in [-0.2, 0) is 32.5 Å². The fraction of sp³-hybridized carbons (Fsp3) is 0.259. The predicted octanol–water partition coefficient (Wildman–Crippen LogP) is 22.5. The monoisotopic (exact) mass is 1170 g/mol. The molecule has 0 fully saturated rings. The minimum absolute atomic E-state index is 0.125.